The maximum absolute atomic E-state index is 14.1. The van der Waals surface area contributed by atoms with Crippen molar-refractivity contribution in [2.45, 2.75) is 57.2 Å². The fourth-order valence-electron chi connectivity index (χ4n) is 3.71. The second kappa shape index (κ2) is 7.46. The van der Waals surface area contributed by atoms with Crippen LogP contribution in [0.3, 0.4) is 0 Å². The average Bonchev–Trinajstić information content (AvgIpc) is 3.26. The van der Waals surface area contributed by atoms with Gasteiger partial charge in [-0.15, -0.1) is 0 Å². The molecule has 1 fully saturated rings. The van der Waals surface area contributed by atoms with Crippen molar-refractivity contribution in [2.75, 3.05) is 7.05 Å². The molecule has 3 unspecified atom stereocenters. The van der Waals surface area contributed by atoms with Gasteiger partial charge in [-0.25, -0.2) is 14.1 Å². The SMILES string of the molecule is CCc1nc2n(n1)CC(NC(=NC)NC1CC1c1c(F)cccc1Cl)CC2. The van der Waals surface area contributed by atoms with E-state index in [0.717, 1.165) is 49.8 Å². The maximum Gasteiger partial charge on any atom is 0.191 e. The third kappa shape index (κ3) is 3.78. The lowest BCUT2D eigenvalue weighted by atomic mass is 10.1. The monoisotopic (exact) mass is 390 g/mol. The molecular formula is C19H24ClFN6. The highest BCUT2D eigenvalue weighted by Gasteiger charge is 2.42. The molecule has 1 saturated carbocycles. The standard InChI is InChI=1S/C19H24ClFN6/c1-3-16-25-17-8-7-11(10-27(17)26-16)23-19(22-2)24-15-9-12(15)18-13(20)5-4-6-14(18)21/h4-6,11-12,15H,3,7-10H2,1-2H3,(H2,22,23,24). The molecule has 144 valence electrons. The number of halogens is 2. The number of aryl methyl sites for hydroxylation is 2. The Morgan fingerprint density at radius 2 is 2.26 bits per heavy atom. The zero-order valence-corrected chi connectivity index (χ0v) is 16.3. The topological polar surface area (TPSA) is 67.1 Å². The van der Waals surface area contributed by atoms with Crippen LogP contribution in [0, 0.1) is 5.82 Å². The molecule has 0 radical (unpaired) electrons. The number of hydrogen-bond donors (Lipinski definition) is 2. The highest BCUT2D eigenvalue weighted by molar-refractivity contribution is 6.31. The molecule has 2 heterocycles. The summed E-state index contributed by atoms with van der Waals surface area (Å²) in [6.45, 7) is 2.84. The smallest absolute Gasteiger partial charge is 0.191 e. The molecule has 27 heavy (non-hydrogen) atoms. The number of hydrogen-bond acceptors (Lipinski definition) is 3. The van der Waals surface area contributed by atoms with Crippen molar-refractivity contribution < 1.29 is 4.39 Å². The lowest BCUT2D eigenvalue weighted by Gasteiger charge is -2.25. The Balaban J connectivity index is 1.36. The third-order valence-corrected chi connectivity index (χ3v) is 5.60. The first-order valence-electron chi connectivity index (χ1n) is 9.45. The first-order chi connectivity index (χ1) is 13.1. The summed E-state index contributed by atoms with van der Waals surface area (Å²) < 4.78 is 16.1. The molecule has 0 saturated heterocycles. The molecular weight excluding hydrogens is 367 g/mol. The summed E-state index contributed by atoms with van der Waals surface area (Å²) in [5, 5.41) is 11.9. The number of aliphatic imine (C=N–C) groups is 1. The first kappa shape index (κ1) is 18.2. The fourth-order valence-corrected chi connectivity index (χ4v) is 4.01. The van der Waals surface area contributed by atoms with Crippen molar-refractivity contribution in [3.8, 4) is 0 Å². The van der Waals surface area contributed by atoms with E-state index < -0.39 is 0 Å². The van der Waals surface area contributed by atoms with Crippen LogP contribution in [0.15, 0.2) is 23.2 Å². The lowest BCUT2D eigenvalue weighted by molar-refractivity contribution is 0.392. The summed E-state index contributed by atoms with van der Waals surface area (Å²) >= 11 is 6.19. The highest BCUT2D eigenvalue weighted by Crippen LogP contribution is 2.44. The van der Waals surface area contributed by atoms with Crippen LogP contribution in [0.2, 0.25) is 5.02 Å². The van der Waals surface area contributed by atoms with Gasteiger partial charge in [-0.1, -0.05) is 24.6 Å². The molecule has 1 aromatic heterocycles. The predicted molar refractivity (Wildman–Crippen MR) is 104 cm³/mol. The summed E-state index contributed by atoms with van der Waals surface area (Å²) in [5.74, 6) is 2.54. The second-order valence-corrected chi connectivity index (χ2v) is 7.57. The van der Waals surface area contributed by atoms with E-state index in [0.29, 0.717) is 10.6 Å². The molecule has 3 atom stereocenters. The van der Waals surface area contributed by atoms with E-state index >= 15 is 0 Å². The minimum absolute atomic E-state index is 0.0811. The van der Waals surface area contributed by atoms with E-state index in [1.807, 2.05) is 4.68 Å². The number of nitrogens with one attached hydrogen (secondary N) is 2. The van der Waals surface area contributed by atoms with Gasteiger partial charge in [0, 0.05) is 48.5 Å². The number of guanidine groups is 1. The Kier molecular flexibility index (Phi) is 5.04. The normalized spacial score (nSPS) is 24.4. The molecule has 1 aromatic carbocycles. The van der Waals surface area contributed by atoms with Gasteiger partial charge in [-0.3, -0.25) is 4.99 Å². The Morgan fingerprint density at radius 3 is 3.00 bits per heavy atom. The Bertz CT molecular complexity index is 844. The molecule has 2 aromatic rings. The van der Waals surface area contributed by atoms with E-state index in [1.165, 1.54) is 6.07 Å². The summed E-state index contributed by atoms with van der Waals surface area (Å²) in [5.41, 5.74) is 0.601. The molecule has 1 aliphatic carbocycles. The van der Waals surface area contributed by atoms with Gasteiger partial charge in [0.1, 0.15) is 11.6 Å². The van der Waals surface area contributed by atoms with E-state index in [9.17, 15) is 4.39 Å². The van der Waals surface area contributed by atoms with E-state index in [2.05, 4.69) is 32.6 Å². The number of rotatable bonds is 4. The molecule has 6 nitrogen and oxygen atoms in total. The van der Waals surface area contributed by atoms with E-state index in [1.54, 1.807) is 19.2 Å². The van der Waals surface area contributed by atoms with Crippen LogP contribution >= 0.6 is 11.6 Å². The molecule has 0 spiro atoms. The van der Waals surface area contributed by atoms with Gasteiger partial charge in [-0.2, -0.15) is 5.10 Å². The van der Waals surface area contributed by atoms with Gasteiger partial charge in [0.25, 0.3) is 0 Å². The number of nitrogens with zero attached hydrogens (tertiary/aromatic N) is 4. The summed E-state index contributed by atoms with van der Waals surface area (Å²) in [4.78, 5) is 8.89. The maximum atomic E-state index is 14.1. The summed E-state index contributed by atoms with van der Waals surface area (Å²) in [7, 11) is 1.75. The van der Waals surface area contributed by atoms with Gasteiger partial charge in [0.2, 0.25) is 0 Å². The van der Waals surface area contributed by atoms with Gasteiger partial charge in [-0.05, 0) is 25.0 Å². The lowest BCUT2D eigenvalue weighted by Crippen LogP contribution is -2.47. The predicted octanol–water partition coefficient (Wildman–Crippen LogP) is 2.67. The van der Waals surface area contributed by atoms with Crippen LogP contribution in [-0.4, -0.2) is 39.9 Å². The number of aromatic nitrogens is 3. The zero-order chi connectivity index (χ0) is 19.0. The average molecular weight is 391 g/mol. The molecule has 0 bridgehead atoms. The molecule has 4 rings (SSSR count). The summed E-state index contributed by atoms with van der Waals surface area (Å²) in [6, 6.07) is 5.22. The van der Waals surface area contributed by atoms with Crippen LogP contribution in [0.1, 0.15) is 42.9 Å². The second-order valence-electron chi connectivity index (χ2n) is 7.16. The van der Waals surface area contributed by atoms with Crippen molar-refractivity contribution in [3.05, 3.63) is 46.3 Å². The first-order valence-corrected chi connectivity index (χ1v) is 9.83. The molecule has 1 aliphatic heterocycles. The van der Waals surface area contributed by atoms with Crippen molar-refractivity contribution in [1.82, 2.24) is 25.4 Å². The third-order valence-electron chi connectivity index (χ3n) is 5.27. The Labute approximate surface area is 163 Å². The summed E-state index contributed by atoms with van der Waals surface area (Å²) in [6.07, 6.45) is 3.58. The van der Waals surface area contributed by atoms with Gasteiger partial charge < -0.3 is 10.6 Å². The highest BCUT2D eigenvalue weighted by atomic mass is 35.5. The van der Waals surface area contributed by atoms with E-state index in [4.69, 9.17) is 11.6 Å². The van der Waals surface area contributed by atoms with Crippen molar-refractivity contribution in [1.29, 1.82) is 0 Å². The zero-order valence-electron chi connectivity index (χ0n) is 15.5. The minimum atomic E-state index is -0.238. The Morgan fingerprint density at radius 1 is 1.41 bits per heavy atom. The van der Waals surface area contributed by atoms with Gasteiger partial charge >= 0.3 is 0 Å². The fraction of sp³-hybridized carbons (Fsp3) is 0.526. The van der Waals surface area contributed by atoms with Crippen molar-refractivity contribution >= 4 is 17.6 Å². The quantitative estimate of drug-likeness (QED) is 0.622. The number of benzene rings is 1. The van der Waals surface area contributed by atoms with Gasteiger partial charge in [0.05, 0.1) is 6.54 Å². The minimum Gasteiger partial charge on any atom is -0.353 e. The van der Waals surface area contributed by atoms with Crippen LogP contribution in [-0.2, 0) is 19.4 Å². The molecule has 0 amide bonds. The largest absolute Gasteiger partial charge is 0.353 e. The molecule has 2 aliphatic rings. The molecule has 2 N–H and O–H groups in total. The molecule has 8 heteroatoms. The van der Waals surface area contributed by atoms with Crippen molar-refractivity contribution in [3.63, 3.8) is 0 Å². The van der Waals surface area contributed by atoms with Crippen LogP contribution in [0.5, 0.6) is 0 Å². The van der Waals surface area contributed by atoms with Crippen LogP contribution < -0.4 is 10.6 Å². The van der Waals surface area contributed by atoms with E-state index in [-0.39, 0.29) is 23.8 Å². The van der Waals surface area contributed by atoms with Crippen LogP contribution in [0.4, 0.5) is 4.39 Å². The van der Waals surface area contributed by atoms with Gasteiger partial charge in [0.15, 0.2) is 11.8 Å². The number of fused-ring (bicyclic) bond motifs is 1. The Hall–Kier alpha value is -2.15. The van der Waals surface area contributed by atoms with Crippen LogP contribution in [0.25, 0.3) is 0 Å². The van der Waals surface area contributed by atoms with Crippen molar-refractivity contribution in [2.24, 2.45) is 4.99 Å².